The largest absolute Gasteiger partial charge is 0.493 e. The number of carbonyl (C=O) groups is 2. The van der Waals surface area contributed by atoms with Crippen LogP contribution < -0.4 is 10.1 Å². The van der Waals surface area contributed by atoms with Crippen LogP contribution in [0.3, 0.4) is 0 Å². The van der Waals surface area contributed by atoms with Gasteiger partial charge in [-0.1, -0.05) is 0 Å². The van der Waals surface area contributed by atoms with Gasteiger partial charge in [-0.2, -0.15) is 44.8 Å². The number of alkyl halides is 9. The van der Waals surface area contributed by atoms with Gasteiger partial charge >= 0.3 is 30.1 Å². The number of imidazole rings is 1. The van der Waals surface area contributed by atoms with E-state index in [0.29, 0.717) is 29.5 Å². The molecule has 18 heteroatoms. The molecule has 46 heavy (non-hydrogen) atoms. The first-order valence-electron chi connectivity index (χ1n) is 13.7. The van der Waals surface area contributed by atoms with Gasteiger partial charge in [0.1, 0.15) is 17.3 Å². The monoisotopic (exact) mass is 664 g/mol. The number of aryl methyl sites for hydroxylation is 1. The molecule has 9 nitrogen and oxygen atoms in total. The highest BCUT2D eigenvalue weighted by atomic mass is 19.4. The number of rotatable bonds is 7. The Morgan fingerprint density at radius 2 is 1.61 bits per heavy atom. The molecule has 2 bridgehead atoms. The fraction of sp³-hybridized carbons (Fsp3) is 0.464. The van der Waals surface area contributed by atoms with Gasteiger partial charge < -0.3 is 19.5 Å². The maximum atomic E-state index is 13.9. The second-order valence-corrected chi connectivity index (χ2v) is 10.7. The summed E-state index contributed by atoms with van der Waals surface area (Å²) in [5, 5.41) is 13.0. The number of likely N-dealkylation sites (tertiary alicyclic amines) is 1. The molecule has 2 fully saturated rings. The van der Waals surface area contributed by atoms with Crippen molar-refractivity contribution < 1.29 is 53.8 Å². The van der Waals surface area contributed by atoms with Crippen molar-refractivity contribution in [3.05, 3.63) is 41.9 Å². The van der Waals surface area contributed by atoms with Crippen LogP contribution in [0.4, 0.5) is 39.5 Å². The van der Waals surface area contributed by atoms with Crippen molar-refractivity contribution in [3.8, 4) is 23.1 Å². The van der Waals surface area contributed by atoms with E-state index in [1.54, 1.807) is 30.1 Å². The summed E-state index contributed by atoms with van der Waals surface area (Å²) in [5.74, 6) is -7.01. The highest BCUT2D eigenvalue weighted by Gasteiger charge is 2.54. The Balaban J connectivity index is 0.000000342. The van der Waals surface area contributed by atoms with E-state index in [-0.39, 0.29) is 29.3 Å². The number of aromatic nitrogens is 3. The Bertz CT molecular complexity index is 1610. The van der Waals surface area contributed by atoms with E-state index in [0.717, 1.165) is 25.7 Å². The van der Waals surface area contributed by atoms with E-state index >= 15 is 0 Å². The van der Waals surface area contributed by atoms with Crippen LogP contribution in [0.2, 0.25) is 0 Å². The molecule has 248 valence electrons. The second kappa shape index (κ2) is 13.2. The Morgan fingerprint density at radius 3 is 2.15 bits per heavy atom. The first-order chi connectivity index (χ1) is 21.4. The number of hydrogen-bond acceptors (Lipinski definition) is 8. The smallest absolute Gasteiger partial charge is 0.458 e. The van der Waals surface area contributed by atoms with Gasteiger partial charge in [0.05, 0.1) is 29.7 Å². The highest BCUT2D eigenvalue weighted by Crippen LogP contribution is 2.39. The van der Waals surface area contributed by atoms with Crippen molar-refractivity contribution in [2.24, 2.45) is 7.05 Å². The number of nitriles is 1. The predicted molar refractivity (Wildman–Crippen MR) is 142 cm³/mol. The zero-order chi connectivity index (χ0) is 34.0. The standard InChI is InChI=1S/C24H25F3N6O.C4F6O2/c1-32-14-29-23-20(11-28)31-19(10-21(23)32)15-3-6-22(18(9-15)24(25,26)27)34-8-2-7-33-12-16-4-5-17(13-33)30-16;5-3(6,7)1(11)2(12)4(8,9)10/h3,6,9-10,14,16-17,30H,2,4-5,7-8,12-13H2,1H3;/t16-,17+;. The van der Waals surface area contributed by atoms with Crippen LogP contribution in [-0.4, -0.2) is 81.7 Å². The molecule has 2 aliphatic heterocycles. The molecule has 0 saturated carbocycles. The van der Waals surface area contributed by atoms with Crippen molar-refractivity contribution in [2.75, 3.05) is 26.2 Å². The molecule has 0 unspecified atom stereocenters. The molecule has 2 aromatic heterocycles. The fourth-order valence-corrected chi connectivity index (χ4v) is 5.19. The number of piperazine rings is 1. The van der Waals surface area contributed by atoms with Crippen LogP contribution in [0.5, 0.6) is 5.75 Å². The van der Waals surface area contributed by atoms with Crippen molar-refractivity contribution >= 4 is 22.6 Å². The predicted octanol–water partition coefficient (Wildman–Crippen LogP) is 4.98. The molecule has 0 aliphatic carbocycles. The molecular formula is C28H25F9N6O3. The fourth-order valence-electron chi connectivity index (χ4n) is 5.19. The van der Waals surface area contributed by atoms with Crippen LogP contribution >= 0.6 is 0 Å². The molecule has 0 radical (unpaired) electrons. The Labute approximate surface area is 254 Å². The third kappa shape index (κ3) is 8.12. The number of ketones is 2. The molecule has 1 aromatic carbocycles. The molecular weight excluding hydrogens is 639 g/mol. The minimum absolute atomic E-state index is 0.0725. The molecule has 2 aliphatic rings. The normalized spacial score (nSPS) is 18.5. The Kier molecular flexibility index (Phi) is 9.97. The minimum atomic E-state index is -5.77. The van der Waals surface area contributed by atoms with E-state index in [9.17, 15) is 54.4 Å². The molecule has 2 saturated heterocycles. The van der Waals surface area contributed by atoms with Gasteiger partial charge in [0.15, 0.2) is 5.69 Å². The lowest BCUT2D eigenvalue weighted by atomic mass is 10.1. The van der Waals surface area contributed by atoms with Gasteiger partial charge in [-0.3, -0.25) is 9.59 Å². The summed E-state index contributed by atoms with van der Waals surface area (Å²) in [4.78, 5) is 30.0. The van der Waals surface area contributed by atoms with Gasteiger partial charge in [-0.05, 0) is 43.5 Å². The van der Waals surface area contributed by atoms with Crippen LogP contribution in [0.25, 0.3) is 22.3 Å². The van der Waals surface area contributed by atoms with Gasteiger partial charge in [0.2, 0.25) is 0 Å². The highest BCUT2D eigenvalue weighted by molar-refractivity contribution is 6.41. The van der Waals surface area contributed by atoms with E-state index in [2.05, 4.69) is 20.2 Å². The lowest BCUT2D eigenvalue weighted by Gasteiger charge is -2.32. The van der Waals surface area contributed by atoms with Gasteiger partial charge in [0.25, 0.3) is 0 Å². The Hall–Kier alpha value is -4.24. The number of Topliss-reactive ketones (excluding diaryl/α,β-unsaturated/α-hetero) is 2. The van der Waals surface area contributed by atoms with Crippen LogP contribution in [0.15, 0.2) is 30.6 Å². The van der Waals surface area contributed by atoms with E-state index < -0.39 is 35.7 Å². The molecule has 3 aromatic rings. The summed E-state index contributed by atoms with van der Waals surface area (Å²) in [5.41, 5.74) is 0.798. The summed E-state index contributed by atoms with van der Waals surface area (Å²) >= 11 is 0. The van der Waals surface area contributed by atoms with E-state index in [4.69, 9.17) is 4.74 Å². The number of fused-ring (bicyclic) bond motifs is 3. The summed E-state index contributed by atoms with van der Waals surface area (Å²) < 4.78 is 116. The van der Waals surface area contributed by atoms with Gasteiger partial charge in [-0.15, -0.1) is 0 Å². The lowest BCUT2D eigenvalue weighted by molar-refractivity contribution is -0.193. The quantitative estimate of drug-likeness (QED) is 0.214. The van der Waals surface area contributed by atoms with Crippen LogP contribution in [0, 0.1) is 11.3 Å². The molecule has 5 rings (SSSR count). The lowest BCUT2D eigenvalue weighted by Crippen LogP contribution is -2.51. The zero-order valence-electron chi connectivity index (χ0n) is 23.9. The van der Waals surface area contributed by atoms with Crippen molar-refractivity contribution in [1.82, 2.24) is 24.8 Å². The molecule has 0 amide bonds. The average Bonchev–Trinajstić information content (AvgIpc) is 3.53. The minimum Gasteiger partial charge on any atom is -0.493 e. The van der Waals surface area contributed by atoms with Crippen molar-refractivity contribution in [2.45, 2.75) is 49.9 Å². The molecule has 1 N–H and O–H groups in total. The van der Waals surface area contributed by atoms with Crippen LogP contribution in [-0.2, 0) is 22.8 Å². The summed E-state index contributed by atoms with van der Waals surface area (Å²) in [6.07, 6.45) is -11.5. The first-order valence-corrected chi connectivity index (χ1v) is 13.7. The second-order valence-electron chi connectivity index (χ2n) is 10.7. The molecule has 0 spiro atoms. The molecule has 4 heterocycles. The number of carbonyl (C=O) groups excluding carboxylic acids is 2. The number of nitrogens with zero attached hydrogens (tertiary/aromatic N) is 5. The Morgan fingerprint density at radius 1 is 1.00 bits per heavy atom. The summed E-state index contributed by atoms with van der Waals surface area (Å²) in [7, 11) is 1.75. The van der Waals surface area contributed by atoms with Gasteiger partial charge in [-0.25, -0.2) is 9.97 Å². The van der Waals surface area contributed by atoms with Gasteiger partial charge in [0, 0.05) is 44.3 Å². The van der Waals surface area contributed by atoms with E-state index in [1.807, 2.05) is 6.07 Å². The number of halogens is 9. The van der Waals surface area contributed by atoms with Crippen molar-refractivity contribution in [3.63, 3.8) is 0 Å². The number of ether oxygens (including phenoxy) is 1. The topological polar surface area (TPSA) is 113 Å². The van der Waals surface area contributed by atoms with E-state index in [1.165, 1.54) is 18.9 Å². The summed E-state index contributed by atoms with van der Waals surface area (Å²) in [6, 6.07) is 8.60. The number of hydrogen-bond donors (Lipinski definition) is 1. The van der Waals surface area contributed by atoms with Crippen molar-refractivity contribution in [1.29, 1.82) is 5.26 Å². The van der Waals surface area contributed by atoms with Crippen LogP contribution in [0.1, 0.15) is 30.5 Å². The summed E-state index contributed by atoms with van der Waals surface area (Å²) in [6.45, 7) is 2.98. The number of pyridine rings is 1. The third-order valence-corrected chi connectivity index (χ3v) is 7.29. The maximum absolute atomic E-state index is 13.9. The average molecular weight is 665 g/mol. The first kappa shape index (κ1) is 34.6. The molecule has 2 atom stereocenters. The third-order valence-electron chi connectivity index (χ3n) is 7.29. The number of nitrogens with one attached hydrogen (secondary N) is 1. The number of benzene rings is 1. The SMILES string of the molecule is Cn1cnc2c(C#N)nc(-c3ccc(OCCCN4C[C@H]5CC[C@@H](C4)N5)c(C(F)(F)F)c3)cc21.O=C(C(=O)C(F)(F)F)C(F)(F)F. The maximum Gasteiger partial charge on any atom is 0.458 e. The zero-order valence-corrected chi connectivity index (χ0v) is 23.9.